The Morgan fingerprint density at radius 2 is 2.67 bits per heavy atom. The molecule has 12 heavy (non-hydrogen) atoms. The highest BCUT2D eigenvalue weighted by Gasteiger charge is 2.30. The Hall–Kier alpha value is -0.100. The maximum atomic E-state index is 5.90. The molecule has 1 atom stereocenters. The van der Waals surface area contributed by atoms with Crippen LogP contribution in [0.15, 0.2) is 12.4 Å². The lowest BCUT2D eigenvalue weighted by Gasteiger charge is -2.01. The summed E-state index contributed by atoms with van der Waals surface area (Å²) >= 11 is 8.27. The summed E-state index contributed by atoms with van der Waals surface area (Å²) in [7, 11) is 0. The zero-order valence-electron chi connectivity index (χ0n) is 6.30. The van der Waals surface area contributed by atoms with Crippen LogP contribution in [-0.4, -0.2) is 16.0 Å². The van der Waals surface area contributed by atoms with Gasteiger partial charge in [0.2, 0.25) is 5.15 Å². The van der Waals surface area contributed by atoms with Crippen LogP contribution in [0, 0.1) is 0 Å². The molecule has 0 amide bonds. The largest absolute Gasteiger partial charge is 0.313 e. The first-order valence-electron chi connectivity index (χ1n) is 3.68. The van der Waals surface area contributed by atoms with Crippen molar-refractivity contribution in [2.75, 3.05) is 16.3 Å². The molecule has 0 radical (unpaired) electrons. The van der Waals surface area contributed by atoms with Gasteiger partial charge in [-0.15, -0.1) is 0 Å². The highest BCUT2D eigenvalue weighted by Crippen LogP contribution is 2.21. The van der Waals surface area contributed by atoms with Crippen LogP contribution in [-0.2, 0) is 0 Å². The molecule has 0 aliphatic carbocycles. The second kappa shape index (κ2) is 3.33. The third-order valence-electron chi connectivity index (χ3n) is 1.95. The molecule has 64 valence electrons. The maximum Gasteiger partial charge on any atom is 0.313 e. The molecule has 1 unspecified atom stereocenters. The second-order valence-corrected chi connectivity index (χ2v) is 3.90. The van der Waals surface area contributed by atoms with E-state index in [-0.39, 0.29) is 0 Å². The first kappa shape index (κ1) is 8.50. The summed E-state index contributed by atoms with van der Waals surface area (Å²) in [5, 5.41) is 3.79. The molecular formula is C7H8ClIN3+. The number of hydrogen-bond acceptors (Lipinski definition) is 2. The van der Waals surface area contributed by atoms with E-state index < -0.39 is 0 Å². The summed E-state index contributed by atoms with van der Waals surface area (Å²) in [4.78, 5) is 4.00. The van der Waals surface area contributed by atoms with E-state index in [4.69, 9.17) is 11.6 Å². The number of anilines is 1. The summed E-state index contributed by atoms with van der Waals surface area (Å²) in [6.07, 6.45) is 3.70. The van der Waals surface area contributed by atoms with Crippen molar-refractivity contribution >= 4 is 40.0 Å². The Morgan fingerprint density at radius 3 is 3.42 bits per heavy atom. The predicted molar refractivity (Wildman–Crippen MR) is 55.9 cm³/mol. The molecule has 0 bridgehead atoms. The van der Waals surface area contributed by atoms with Crippen molar-refractivity contribution in [2.24, 2.45) is 0 Å². The van der Waals surface area contributed by atoms with Gasteiger partial charge in [-0.05, 0) is 0 Å². The predicted octanol–water partition coefficient (Wildman–Crippen LogP) is 1.42. The van der Waals surface area contributed by atoms with Crippen molar-refractivity contribution in [1.29, 1.82) is 0 Å². The molecule has 1 aliphatic heterocycles. The average Bonchev–Trinajstić information content (AvgIpc) is 2.49. The van der Waals surface area contributed by atoms with Crippen LogP contribution in [0.2, 0.25) is 5.15 Å². The van der Waals surface area contributed by atoms with Crippen LogP contribution >= 0.6 is 34.2 Å². The zero-order valence-corrected chi connectivity index (χ0v) is 9.21. The van der Waals surface area contributed by atoms with Crippen molar-refractivity contribution in [2.45, 2.75) is 6.04 Å². The highest BCUT2D eigenvalue weighted by molar-refractivity contribution is 14.1. The van der Waals surface area contributed by atoms with Gasteiger partial charge in [0.05, 0.1) is 6.20 Å². The smallest absolute Gasteiger partial charge is 0.267 e. The summed E-state index contributed by atoms with van der Waals surface area (Å²) < 4.78 is 3.23. The van der Waals surface area contributed by atoms with Crippen molar-refractivity contribution < 1.29 is 4.57 Å². The van der Waals surface area contributed by atoms with E-state index in [0.717, 1.165) is 16.8 Å². The third kappa shape index (κ3) is 1.26. The van der Waals surface area contributed by atoms with Crippen molar-refractivity contribution in [3.8, 4) is 0 Å². The fraction of sp³-hybridized carbons (Fsp3) is 0.429. The molecule has 0 spiro atoms. The van der Waals surface area contributed by atoms with Crippen LogP contribution in [0.4, 0.5) is 5.82 Å². The number of alkyl halides is 1. The molecule has 3 nitrogen and oxygen atoms in total. The highest BCUT2D eigenvalue weighted by atomic mass is 127. The molecule has 2 heterocycles. The fourth-order valence-corrected chi connectivity index (χ4v) is 2.28. The number of rotatable bonds is 1. The van der Waals surface area contributed by atoms with Gasteiger partial charge in [0.15, 0.2) is 0 Å². The van der Waals surface area contributed by atoms with Gasteiger partial charge >= 0.3 is 5.82 Å². The molecule has 5 heteroatoms. The lowest BCUT2D eigenvalue weighted by molar-refractivity contribution is -0.692. The second-order valence-electron chi connectivity index (χ2n) is 2.66. The minimum absolute atomic E-state index is 0.515. The Balaban J connectivity index is 2.46. The van der Waals surface area contributed by atoms with E-state index in [1.807, 2.05) is 6.20 Å². The van der Waals surface area contributed by atoms with Gasteiger partial charge in [0.25, 0.3) is 0 Å². The topological polar surface area (TPSA) is 28.8 Å². The van der Waals surface area contributed by atoms with Gasteiger partial charge < -0.3 is 0 Å². The van der Waals surface area contributed by atoms with Gasteiger partial charge in [-0.3, -0.25) is 5.32 Å². The number of aromatic nitrogens is 2. The third-order valence-corrected chi connectivity index (χ3v) is 3.24. The molecule has 1 aromatic rings. The Bertz CT molecular complexity index is 305. The Morgan fingerprint density at radius 1 is 1.83 bits per heavy atom. The van der Waals surface area contributed by atoms with Crippen LogP contribution in [0.3, 0.4) is 0 Å². The summed E-state index contributed by atoms with van der Waals surface area (Å²) in [6.45, 7) is 0.953. The standard InChI is InChI=1S/C7H7ClIN3/c8-6-7-11-4-5(3-9)12(7)2-1-10-6/h1-2,5H,3-4H2/p+1. The minimum atomic E-state index is 0.515. The van der Waals surface area contributed by atoms with Gasteiger partial charge in [-0.25, -0.2) is 9.55 Å². The number of hydrogen-bond donors (Lipinski definition) is 1. The van der Waals surface area contributed by atoms with E-state index in [9.17, 15) is 0 Å². The Kier molecular flexibility index (Phi) is 2.36. The lowest BCUT2D eigenvalue weighted by Crippen LogP contribution is -2.37. The van der Waals surface area contributed by atoms with E-state index >= 15 is 0 Å². The SMILES string of the molecule is Clc1ncc[n+]2c1NCC2CI. The summed E-state index contributed by atoms with van der Waals surface area (Å²) in [5.41, 5.74) is 0. The molecule has 0 aromatic carbocycles. The normalized spacial score (nSPS) is 20.3. The fourth-order valence-electron chi connectivity index (χ4n) is 1.32. The van der Waals surface area contributed by atoms with Gasteiger partial charge in [0.1, 0.15) is 18.8 Å². The number of nitrogens with zero attached hydrogens (tertiary/aromatic N) is 2. The van der Waals surface area contributed by atoms with E-state index in [2.05, 4.69) is 37.5 Å². The van der Waals surface area contributed by atoms with Crippen LogP contribution in [0.5, 0.6) is 0 Å². The average molecular weight is 297 g/mol. The molecule has 1 aromatic heterocycles. The minimum Gasteiger partial charge on any atom is -0.267 e. The van der Waals surface area contributed by atoms with Crippen molar-refractivity contribution in [3.63, 3.8) is 0 Å². The quantitative estimate of drug-likeness (QED) is 0.482. The molecule has 0 fully saturated rings. The first-order valence-corrected chi connectivity index (χ1v) is 5.58. The van der Waals surface area contributed by atoms with Crippen molar-refractivity contribution in [1.82, 2.24) is 4.98 Å². The maximum absolute atomic E-state index is 5.90. The summed E-state index contributed by atoms with van der Waals surface area (Å²) in [5.74, 6) is 0.945. The van der Waals surface area contributed by atoms with Crippen molar-refractivity contribution in [3.05, 3.63) is 17.5 Å². The van der Waals surface area contributed by atoms with Crippen LogP contribution < -0.4 is 9.88 Å². The number of nitrogens with one attached hydrogen (secondary N) is 1. The molecule has 2 rings (SSSR count). The van der Waals surface area contributed by atoms with Gasteiger partial charge in [0, 0.05) is 4.43 Å². The lowest BCUT2D eigenvalue weighted by atomic mass is 10.4. The van der Waals surface area contributed by atoms with Gasteiger partial charge in [-0.2, -0.15) is 0 Å². The molecule has 0 saturated carbocycles. The number of halogens is 2. The van der Waals surface area contributed by atoms with E-state index in [0.29, 0.717) is 11.2 Å². The van der Waals surface area contributed by atoms with Crippen LogP contribution in [0.25, 0.3) is 0 Å². The molecule has 0 saturated heterocycles. The van der Waals surface area contributed by atoms with E-state index in [1.54, 1.807) is 6.20 Å². The Labute approximate surface area is 89.3 Å². The van der Waals surface area contributed by atoms with Gasteiger partial charge in [-0.1, -0.05) is 34.2 Å². The van der Waals surface area contributed by atoms with E-state index in [1.165, 1.54) is 0 Å². The van der Waals surface area contributed by atoms with Crippen LogP contribution in [0.1, 0.15) is 6.04 Å². The number of fused-ring (bicyclic) bond motifs is 1. The first-order chi connectivity index (χ1) is 5.83. The monoisotopic (exact) mass is 296 g/mol. The summed E-state index contributed by atoms with van der Waals surface area (Å²) in [6, 6.07) is 0.515. The molecule has 1 aliphatic rings. The molecular weight excluding hydrogens is 288 g/mol. The molecule has 1 N–H and O–H groups in total. The zero-order chi connectivity index (χ0) is 8.55.